The fourth-order valence-electron chi connectivity index (χ4n) is 2.39. The number of nitrogens with one attached hydrogen (secondary N) is 1. The molecule has 1 aromatic carbocycles. The molecule has 2 rings (SSSR count). The topological polar surface area (TPSA) is 81.1 Å². The van der Waals surface area contributed by atoms with Crippen LogP contribution in [0.25, 0.3) is 5.69 Å². The van der Waals surface area contributed by atoms with E-state index in [4.69, 9.17) is 0 Å². The summed E-state index contributed by atoms with van der Waals surface area (Å²) >= 11 is 0. The van der Waals surface area contributed by atoms with Crippen LogP contribution in [0, 0.1) is 0 Å². The van der Waals surface area contributed by atoms with E-state index in [1.807, 2.05) is 36.8 Å². The Kier molecular flexibility index (Phi) is 4.65. The Bertz CT molecular complexity index is 772. The van der Waals surface area contributed by atoms with Gasteiger partial charge in [0.15, 0.2) is 0 Å². The largest absolute Gasteiger partial charge is 0.294 e. The molecule has 0 aliphatic heterocycles. The van der Waals surface area contributed by atoms with E-state index in [1.54, 1.807) is 4.57 Å². The minimum atomic E-state index is -3.62. The molecule has 0 saturated heterocycles. The van der Waals surface area contributed by atoms with Crippen LogP contribution in [0.5, 0.6) is 0 Å². The van der Waals surface area contributed by atoms with Crippen molar-refractivity contribution in [2.24, 2.45) is 0 Å². The van der Waals surface area contributed by atoms with E-state index in [9.17, 15) is 13.2 Å². The molecule has 1 amide bonds. The van der Waals surface area contributed by atoms with Gasteiger partial charge >= 0.3 is 0 Å². The third kappa shape index (κ3) is 3.36. The Morgan fingerprint density at radius 2 is 1.82 bits per heavy atom. The standard InChI is InChI=1S/C15H19N3O3S/c1-4-11-7-6-8-12(5-2)14(11)18-10-16-9-13(18)15(19)17-22(3,20)21/h6-10H,4-5H2,1-3H3,(H,17,19). The lowest BCUT2D eigenvalue weighted by Gasteiger charge is -2.16. The predicted molar refractivity (Wildman–Crippen MR) is 84.6 cm³/mol. The van der Waals surface area contributed by atoms with Gasteiger partial charge in [-0.3, -0.25) is 9.36 Å². The average Bonchev–Trinajstić information content (AvgIpc) is 2.93. The number of sulfonamides is 1. The van der Waals surface area contributed by atoms with Crippen LogP contribution in [0.3, 0.4) is 0 Å². The van der Waals surface area contributed by atoms with Gasteiger partial charge in [-0.1, -0.05) is 32.0 Å². The van der Waals surface area contributed by atoms with Gasteiger partial charge in [0.25, 0.3) is 5.91 Å². The Hall–Kier alpha value is -2.15. The van der Waals surface area contributed by atoms with Gasteiger partial charge in [0.1, 0.15) is 5.69 Å². The molecular formula is C15H19N3O3S. The molecule has 1 aromatic heterocycles. The first-order valence-corrected chi connectivity index (χ1v) is 8.92. The number of carbonyl (C=O) groups is 1. The first kappa shape index (κ1) is 16.2. The first-order chi connectivity index (χ1) is 10.4. The Labute approximate surface area is 130 Å². The van der Waals surface area contributed by atoms with Crippen molar-refractivity contribution >= 4 is 15.9 Å². The Morgan fingerprint density at radius 1 is 1.23 bits per heavy atom. The van der Waals surface area contributed by atoms with Gasteiger partial charge in [-0.05, 0) is 24.0 Å². The SMILES string of the molecule is CCc1cccc(CC)c1-n1cncc1C(=O)NS(C)(=O)=O. The maximum Gasteiger partial charge on any atom is 0.283 e. The molecule has 118 valence electrons. The molecule has 0 bridgehead atoms. The number of para-hydroxylation sites is 1. The van der Waals surface area contributed by atoms with E-state index in [2.05, 4.69) is 4.98 Å². The summed E-state index contributed by atoms with van der Waals surface area (Å²) in [6.45, 7) is 4.07. The number of rotatable bonds is 5. The molecule has 0 atom stereocenters. The fourth-order valence-corrected chi connectivity index (χ4v) is 2.83. The molecule has 1 N–H and O–H groups in total. The maximum atomic E-state index is 12.2. The minimum Gasteiger partial charge on any atom is -0.294 e. The predicted octanol–water partition coefficient (Wildman–Crippen LogP) is 1.69. The van der Waals surface area contributed by atoms with E-state index in [1.165, 1.54) is 12.5 Å². The molecule has 0 spiro atoms. The number of hydrogen-bond acceptors (Lipinski definition) is 4. The van der Waals surface area contributed by atoms with Crippen molar-refractivity contribution in [1.82, 2.24) is 14.3 Å². The van der Waals surface area contributed by atoms with Crippen LogP contribution >= 0.6 is 0 Å². The zero-order valence-electron chi connectivity index (χ0n) is 12.8. The monoisotopic (exact) mass is 321 g/mol. The van der Waals surface area contributed by atoms with Gasteiger partial charge < -0.3 is 0 Å². The van der Waals surface area contributed by atoms with Gasteiger partial charge in [-0.15, -0.1) is 0 Å². The van der Waals surface area contributed by atoms with Gasteiger partial charge in [0.05, 0.1) is 24.5 Å². The highest BCUT2D eigenvalue weighted by Crippen LogP contribution is 2.23. The Morgan fingerprint density at radius 3 is 2.32 bits per heavy atom. The normalized spacial score (nSPS) is 11.4. The summed E-state index contributed by atoms with van der Waals surface area (Å²) in [6, 6.07) is 5.97. The number of aromatic nitrogens is 2. The van der Waals surface area contributed by atoms with Crippen LogP contribution in [-0.4, -0.2) is 30.1 Å². The smallest absolute Gasteiger partial charge is 0.283 e. The van der Waals surface area contributed by atoms with Crippen molar-refractivity contribution in [1.29, 1.82) is 0 Å². The molecule has 22 heavy (non-hydrogen) atoms. The van der Waals surface area contributed by atoms with E-state index in [-0.39, 0.29) is 5.69 Å². The van der Waals surface area contributed by atoms with E-state index < -0.39 is 15.9 Å². The van der Waals surface area contributed by atoms with Crippen LogP contribution in [-0.2, 0) is 22.9 Å². The second kappa shape index (κ2) is 6.31. The molecule has 0 radical (unpaired) electrons. The number of nitrogens with zero attached hydrogens (tertiary/aromatic N) is 2. The fraction of sp³-hybridized carbons (Fsp3) is 0.333. The summed E-state index contributed by atoms with van der Waals surface area (Å²) in [5.74, 6) is -0.687. The Balaban J connectivity index is 2.57. The van der Waals surface area contributed by atoms with Crippen molar-refractivity contribution < 1.29 is 13.2 Å². The molecule has 0 fully saturated rings. The minimum absolute atomic E-state index is 0.195. The van der Waals surface area contributed by atoms with Crippen molar-refractivity contribution in [3.05, 3.63) is 47.5 Å². The lowest BCUT2D eigenvalue weighted by atomic mass is 10.0. The summed E-state index contributed by atoms with van der Waals surface area (Å²) in [5.41, 5.74) is 3.24. The van der Waals surface area contributed by atoms with Crippen LogP contribution in [0.4, 0.5) is 0 Å². The lowest BCUT2D eigenvalue weighted by molar-refractivity contribution is 0.0975. The van der Waals surface area contributed by atoms with Gasteiger partial charge in [-0.2, -0.15) is 0 Å². The van der Waals surface area contributed by atoms with Crippen LogP contribution in [0.1, 0.15) is 35.5 Å². The van der Waals surface area contributed by atoms with E-state index >= 15 is 0 Å². The molecule has 2 aromatic rings. The molecule has 0 unspecified atom stereocenters. The highest BCUT2D eigenvalue weighted by atomic mass is 32.2. The number of hydrogen-bond donors (Lipinski definition) is 1. The highest BCUT2D eigenvalue weighted by molar-refractivity contribution is 7.89. The number of imidazole rings is 1. The molecule has 1 heterocycles. The van der Waals surface area contributed by atoms with Crippen LogP contribution in [0.2, 0.25) is 0 Å². The van der Waals surface area contributed by atoms with Crippen molar-refractivity contribution in [3.8, 4) is 5.69 Å². The van der Waals surface area contributed by atoms with Crippen molar-refractivity contribution in [2.45, 2.75) is 26.7 Å². The molecule has 0 saturated carbocycles. The molecule has 0 aliphatic rings. The second-order valence-corrected chi connectivity index (χ2v) is 6.73. The molecule has 7 heteroatoms. The molecule has 6 nitrogen and oxygen atoms in total. The average molecular weight is 321 g/mol. The van der Waals surface area contributed by atoms with Gasteiger partial charge in [0, 0.05) is 0 Å². The van der Waals surface area contributed by atoms with Crippen LogP contribution < -0.4 is 4.72 Å². The summed E-state index contributed by atoms with van der Waals surface area (Å²) in [4.78, 5) is 16.2. The number of aryl methyl sites for hydroxylation is 2. The lowest BCUT2D eigenvalue weighted by Crippen LogP contribution is -2.31. The van der Waals surface area contributed by atoms with Crippen molar-refractivity contribution in [2.75, 3.05) is 6.26 Å². The maximum absolute atomic E-state index is 12.2. The van der Waals surface area contributed by atoms with Gasteiger partial charge in [0.2, 0.25) is 10.0 Å². The molecule has 0 aliphatic carbocycles. The summed E-state index contributed by atoms with van der Waals surface area (Å²) < 4.78 is 26.2. The zero-order chi connectivity index (χ0) is 16.3. The summed E-state index contributed by atoms with van der Waals surface area (Å²) in [7, 11) is -3.62. The second-order valence-electron chi connectivity index (χ2n) is 4.98. The number of carbonyl (C=O) groups excluding carboxylic acids is 1. The summed E-state index contributed by atoms with van der Waals surface area (Å²) in [5, 5.41) is 0. The highest BCUT2D eigenvalue weighted by Gasteiger charge is 2.19. The quantitative estimate of drug-likeness (QED) is 0.908. The van der Waals surface area contributed by atoms with E-state index in [0.717, 1.165) is 35.9 Å². The first-order valence-electron chi connectivity index (χ1n) is 7.03. The van der Waals surface area contributed by atoms with Crippen LogP contribution in [0.15, 0.2) is 30.7 Å². The van der Waals surface area contributed by atoms with Gasteiger partial charge in [-0.25, -0.2) is 18.1 Å². The third-order valence-corrected chi connectivity index (χ3v) is 3.91. The summed E-state index contributed by atoms with van der Waals surface area (Å²) in [6.07, 6.45) is 5.45. The van der Waals surface area contributed by atoms with E-state index in [0.29, 0.717) is 0 Å². The zero-order valence-corrected chi connectivity index (χ0v) is 13.6. The van der Waals surface area contributed by atoms with Crippen molar-refractivity contribution in [3.63, 3.8) is 0 Å². The third-order valence-electron chi connectivity index (χ3n) is 3.36. The molecular weight excluding hydrogens is 302 g/mol. The number of benzene rings is 1. The number of amides is 1.